The molecule has 1 aromatic rings. The molecule has 6 heteroatoms. The number of anilines is 1. The zero-order chi connectivity index (χ0) is 15.8. The number of nitrogens with two attached hydrogens (primary N) is 2. The van der Waals surface area contributed by atoms with Gasteiger partial charge in [-0.1, -0.05) is 32.0 Å². The van der Waals surface area contributed by atoms with E-state index in [4.69, 9.17) is 11.5 Å². The van der Waals surface area contributed by atoms with Crippen molar-refractivity contribution in [3.63, 3.8) is 0 Å². The summed E-state index contributed by atoms with van der Waals surface area (Å²) in [5, 5.41) is 2.77. The molecule has 0 radical (unpaired) electrons. The highest BCUT2D eigenvalue weighted by Crippen LogP contribution is 2.17. The number of nitrogens with one attached hydrogen (secondary N) is 1. The van der Waals surface area contributed by atoms with E-state index in [2.05, 4.69) is 24.1 Å². The van der Waals surface area contributed by atoms with E-state index in [9.17, 15) is 9.59 Å². The molecule has 0 spiro atoms. The van der Waals surface area contributed by atoms with Crippen molar-refractivity contribution in [1.29, 1.82) is 0 Å². The molecule has 0 heterocycles. The number of benzene rings is 1. The first kappa shape index (κ1) is 17.1. The molecule has 0 fully saturated rings. The van der Waals surface area contributed by atoms with Crippen LogP contribution in [0.15, 0.2) is 24.3 Å². The molecule has 21 heavy (non-hydrogen) atoms. The predicted molar refractivity (Wildman–Crippen MR) is 83.5 cm³/mol. The minimum Gasteiger partial charge on any atom is -0.370 e. The van der Waals surface area contributed by atoms with Gasteiger partial charge in [-0.25, -0.2) is 0 Å². The Morgan fingerprint density at radius 3 is 2.43 bits per heavy atom. The van der Waals surface area contributed by atoms with Crippen LogP contribution in [0.2, 0.25) is 0 Å². The highest BCUT2D eigenvalue weighted by molar-refractivity contribution is 5.97. The van der Waals surface area contributed by atoms with Gasteiger partial charge in [0, 0.05) is 12.2 Å². The Hall–Kier alpha value is -1.92. The second kappa shape index (κ2) is 8.39. The fourth-order valence-electron chi connectivity index (χ4n) is 2.00. The van der Waals surface area contributed by atoms with Crippen molar-refractivity contribution >= 4 is 17.5 Å². The van der Waals surface area contributed by atoms with Crippen LogP contribution in [0, 0.1) is 0 Å². The topological polar surface area (TPSA) is 101 Å². The SMILES string of the molecule is CCN(CC)Cc1ccccc1NC(=O)C(N)CC(N)=O. The summed E-state index contributed by atoms with van der Waals surface area (Å²) in [4.78, 5) is 25.0. The van der Waals surface area contributed by atoms with E-state index in [0.29, 0.717) is 5.69 Å². The van der Waals surface area contributed by atoms with Crippen LogP contribution in [0.3, 0.4) is 0 Å². The second-order valence-electron chi connectivity index (χ2n) is 4.88. The third-order valence-corrected chi connectivity index (χ3v) is 3.32. The molecule has 0 bridgehead atoms. The maximum Gasteiger partial charge on any atom is 0.241 e. The summed E-state index contributed by atoms with van der Waals surface area (Å²) in [6, 6.07) is 6.64. The lowest BCUT2D eigenvalue weighted by molar-refractivity contribution is -0.123. The number of amides is 2. The van der Waals surface area contributed by atoms with Crippen molar-refractivity contribution in [2.45, 2.75) is 32.9 Å². The Bertz CT molecular complexity index is 486. The largest absolute Gasteiger partial charge is 0.370 e. The molecule has 0 aromatic heterocycles. The van der Waals surface area contributed by atoms with Gasteiger partial charge >= 0.3 is 0 Å². The second-order valence-corrected chi connectivity index (χ2v) is 4.88. The van der Waals surface area contributed by atoms with Gasteiger partial charge in [-0.15, -0.1) is 0 Å². The summed E-state index contributed by atoms with van der Waals surface area (Å²) in [5.41, 5.74) is 12.4. The van der Waals surface area contributed by atoms with E-state index in [-0.39, 0.29) is 6.42 Å². The first-order chi connectivity index (χ1) is 9.97. The van der Waals surface area contributed by atoms with Gasteiger partial charge in [-0.2, -0.15) is 0 Å². The van der Waals surface area contributed by atoms with Gasteiger partial charge in [0.05, 0.1) is 12.5 Å². The van der Waals surface area contributed by atoms with Gasteiger partial charge in [0.2, 0.25) is 11.8 Å². The maximum absolute atomic E-state index is 12.0. The van der Waals surface area contributed by atoms with Crippen molar-refractivity contribution in [3.8, 4) is 0 Å². The minimum absolute atomic E-state index is 0.163. The first-order valence-corrected chi connectivity index (χ1v) is 7.12. The van der Waals surface area contributed by atoms with E-state index >= 15 is 0 Å². The molecule has 1 atom stereocenters. The number of hydrogen-bond donors (Lipinski definition) is 3. The summed E-state index contributed by atoms with van der Waals surface area (Å²) >= 11 is 0. The summed E-state index contributed by atoms with van der Waals surface area (Å²) in [6.07, 6.45) is -0.163. The van der Waals surface area contributed by atoms with Crippen molar-refractivity contribution < 1.29 is 9.59 Å². The number of carbonyl (C=O) groups excluding carboxylic acids is 2. The zero-order valence-electron chi connectivity index (χ0n) is 12.6. The third kappa shape index (κ3) is 5.53. The molecule has 0 aliphatic rings. The number of carbonyl (C=O) groups is 2. The summed E-state index contributed by atoms with van der Waals surface area (Å²) in [7, 11) is 0. The van der Waals surface area contributed by atoms with Crippen LogP contribution in [0.5, 0.6) is 0 Å². The van der Waals surface area contributed by atoms with Gasteiger partial charge in [0.25, 0.3) is 0 Å². The van der Waals surface area contributed by atoms with Crippen molar-refractivity contribution in [2.75, 3.05) is 18.4 Å². The van der Waals surface area contributed by atoms with Crippen LogP contribution < -0.4 is 16.8 Å². The van der Waals surface area contributed by atoms with Crippen molar-refractivity contribution in [2.24, 2.45) is 11.5 Å². The minimum atomic E-state index is -0.927. The number of nitrogens with zero attached hydrogens (tertiary/aromatic N) is 1. The highest BCUT2D eigenvalue weighted by Gasteiger charge is 2.17. The number of para-hydroxylation sites is 1. The Kier molecular flexibility index (Phi) is 6.84. The average Bonchev–Trinajstić information content (AvgIpc) is 2.45. The van der Waals surface area contributed by atoms with Crippen LogP contribution in [0.4, 0.5) is 5.69 Å². The molecule has 0 aliphatic heterocycles. The van der Waals surface area contributed by atoms with Gasteiger partial charge in [-0.3, -0.25) is 14.5 Å². The first-order valence-electron chi connectivity index (χ1n) is 7.12. The molecule has 6 nitrogen and oxygen atoms in total. The van der Waals surface area contributed by atoms with Crippen LogP contribution in [-0.4, -0.2) is 35.8 Å². The van der Waals surface area contributed by atoms with Gasteiger partial charge < -0.3 is 16.8 Å². The Morgan fingerprint density at radius 1 is 1.24 bits per heavy atom. The fourth-order valence-corrected chi connectivity index (χ4v) is 2.00. The van der Waals surface area contributed by atoms with Crippen molar-refractivity contribution in [3.05, 3.63) is 29.8 Å². The lowest BCUT2D eigenvalue weighted by Gasteiger charge is -2.20. The maximum atomic E-state index is 12.0. The molecule has 0 aliphatic carbocycles. The number of hydrogen-bond acceptors (Lipinski definition) is 4. The third-order valence-electron chi connectivity index (χ3n) is 3.32. The molecule has 2 amide bonds. The van der Waals surface area contributed by atoms with E-state index in [0.717, 1.165) is 25.2 Å². The Balaban J connectivity index is 2.79. The number of primary amides is 1. The molecule has 1 rings (SSSR count). The predicted octanol–water partition coefficient (Wildman–Crippen LogP) is 0.670. The van der Waals surface area contributed by atoms with E-state index in [1.165, 1.54) is 0 Å². The summed E-state index contributed by atoms with van der Waals surface area (Å²) in [5.74, 6) is -0.991. The standard InChI is InChI=1S/C15H24N4O2/c1-3-19(4-2)10-11-7-5-6-8-13(11)18-15(21)12(16)9-14(17)20/h5-8,12H,3-4,9-10,16H2,1-2H3,(H2,17,20)(H,18,21). The van der Waals surface area contributed by atoms with Crippen LogP contribution >= 0.6 is 0 Å². The summed E-state index contributed by atoms with van der Waals surface area (Å²) in [6.45, 7) is 6.79. The van der Waals surface area contributed by atoms with E-state index < -0.39 is 17.9 Å². The Labute approximate surface area is 125 Å². The normalized spacial score (nSPS) is 12.2. The molecular weight excluding hydrogens is 268 g/mol. The zero-order valence-corrected chi connectivity index (χ0v) is 12.6. The van der Waals surface area contributed by atoms with Crippen molar-refractivity contribution in [1.82, 2.24) is 4.90 Å². The molecule has 0 saturated carbocycles. The summed E-state index contributed by atoms with van der Waals surface area (Å²) < 4.78 is 0. The van der Waals surface area contributed by atoms with Gasteiger partial charge in [0.1, 0.15) is 0 Å². The van der Waals surface area contributed by atoms with Crippen LogP contribution in [-0.2, 0) is 16.1 Å². The molecule has 1 aromatic carbocycles. The lowest BCUT2D eigenvalue weighted by Crippen LogP contribution is -2.39. The molecule has 0 saturated heterocycles. The molecular formula is C15H24N4O2. The lowest BCUT2D eigenvalue weighted by atomic mass is 10.1. The quantitative estimate of drug-likeness (QED) is 0.655. The van der Waals surface area contributed by atoms with E-state index in [1.807, 2.05) is 24.3 Å². The van der Waals surface area contributed by atoms with Crippen LogP contribution in [0.1, 0.15) is 25.8 Å². The molecule has 5 N–H and O–H groups in total. The highest BCUT2D eigenvalue weighted by atomic mass is 16.2. The van der Waals surface area contributed by atoms with E-state index in [1.54, 1.807) is 0 Å². The molecule has 116 valence electrons. The average molecular weight is 292 g/mol. The van der Waals surface area contributed by atoms with Crippen LogP contribution in [0.25, 0.3) is 0 Å². The number of rotatable bonds is 8. The smallest absolute Gasteiger partial charge is 0.241 e. The van der Waals surface area contributed by atoms with Gasteiger partial charge in [0.15, 0.2) is 0 Å². The molecule has 1 unspecified atom stereocenters. The fraction of sp³-hybridized carbons (Fsp3) is 0.467. The monoisotopic (exact) mass is 292 g/mol. The Morgan fingerprint density at radius 2 is 1.86 bits per heavy atom. The van der Waals surface area contributed by atoms with Gasteiger partial charge in [-0.05, 0) is 24.7 Å².